The quantitative estimate of drug-likeness (QED) is 0.824. The fourth-order valence-corrected chi connectivity index (χ4v) is 1.69. The molecule has 2 N–H and O–H groups in total. The van der Waals surface area contributed by atoms with E-state index in [4.69, 9.17) is 10.5 Å². The summed E-state index contributed by atoms with van der Waals surface area (Å²) in [5, 5.41) is 0. The van der Waals surface area contributed by atoms with Crippen LogP contribution in [0.3, 0.4) is 0 Å². The molecule has 0 radical (unpaired) electrons. The summed E-state index contributed by atoms with van der Waals surface area (Å²) in [6.45, 7) is 3.49. The molecule has 0 saturated carbocycles. The van der Waals surface area contributed by atoms with Crippen LogP contribution in [-0.4, -0.2) is 13.2 Å². The summed E-state index contributed by atoms with van der Waals surface area (Å²) < 4.78 is 6.57. The third-order valence-electron chi connectivity index (χ3n) is 2.01. The molecule has 0 aliphatic rings. The second-order valence-electron chi connectivity index (χ2n) is 3.11. The van der Waals surface area contributed by atoms with Gasteiger partial charge < -0.3 is 10.5 Å². The lowest BCUT2D eigenvalue weighted by Gasteiger charge is -2.08. The van der Waals surface area contributed by atoms with Crippen LogP contribution in [0.2, 0.25) is 0 Å². The minimum Gasteiger partial charge on any atom is -0.492 e. The fraction of sp³-hybridized carbons (Fsp3) is 0.455. The van der Waals surface area contributed by atoms with Crippen LogP contribution >= 0.6 is 15.9 Å². The van der Waals surface area contributed by atoms with Crippen molar-refractivity contribution in [1.29, 1.82) is 0 Å². The van der Waals surface area contributed by atoms with Crippen LogP contribution in [0.4, 0.5) is 0 Å². The van der Waals surface area contributed by atoms with E-state index < -0.39 is 0 Å². The molecule has 0 spiro atoms. The molecule has 1 aromatic carbocycles. The zero-order valence-corrected chi connectivity index (χ0v) is 10.0. The molecule has 0 unspecified atom stereocenters. The average molecular weight is 258 g/mol. The predicted octanol–water partition coefficient (Wildman–Crippen LogP) is 2.74. The van der Waals surface area contributed by atoms with E-state index >= 15 is 0 Å². The first-order chi connectivity index (χ1) is 6.77. The Balaban J connectivity index is 2.59. The highest BCUT2D eigenvalue weighted by Gasteiger charge is 2.01. The molecule has 0 aliphatic carbocycles. The summed E-state index contributed by atoms with van der Waals surface area (Å²) in [7, 11) is 0. The van der Waals surface area contributed by atoms with Crippen molar-refractivity contribution in [2.24, 2.45) is 5.73 Å². The molecule has 0 aromatic heterocycles. The van der Waals surface area contributed by atoms with Crippen LogP contribution in [0.1, 0.15) is 18.9 Å². The van der Waals surface area contributed by atoms with Gasteiger partial charge in [0.05, 0.1) is 11.1 Å². The Hall–Kier alpha value is -0.540. The van der Waals surface area contributed by atoms with Crippen LogP contribution in [0.25, 0.3) is 0 Å². The van der Waals surface area contributed by atoms with Crippen LogP contribution in [0.15, 0.2) is 22.7 Å². The van der Waals surface area contributed by atoms with E-state index in [0.717, 1.165) is 23.1 Å². The number of ether oxygens (including phenoxy) is 1. The minimum absolute atomic E-state index is 0.671. The zero-order valence-electron chi connectivity index (χ0n) is 8.42. The van der Waals surface area contributed by atoms with E-state index in [1.807, 2.05) is 6.07 Å². The van der Waals surface area contributed by atoms with Crippen molar-refractivity contribution < 1.29 is 4.74 Å². The third-order valence-corrected chi connectivity index (χ3v) is 2.63. The summed E-state index contributed by atoms with van der Waals surface area (Å²) in [4.78, 5) is 0. The van der Waals surface area contributed by atoms with E-state index in [9.17, 15) is 0 Å². The Morgan fingerprint density at radius 3 is 2.79 bits per heavy atom. The molecule has 0 atom stereocenters. The summed E-state index contributed by atoms with van der Waals surface area (Å²) >= 11 is 3.48. The van der Waals surface area contributed by atoms with Gasteiger partial charge in [0.2, 0.25) is 0 Å². The number of halogens is 1. The zero-order chi connectivity index (χ0) is 10.4. The maximum absolute atomic E-state index is 5.55. The molecule has 0 amide bonds. The van der Waals surface area contributed by atoms with Crippen LogP contribution in [-0.2, 0) is 6.42 Å². The summed E-state index contributed by atoms with van der Waals surface area (Å²) in [5.74, 6) is 0.899. The lowest BCUT2D eigenvalue weighted by Crippen LogP contribution is -2.06. The Kier molecular flexibility index (Phi) is 4.98. The molecule has 0 aliphatic heterocycles. The minimum atomic E-state index is 0.671. The molecule has 0 bridgehead atoms. The van der Waals surface area contributed by atoms with Crippen molar-refractivity contribution in [1.82, 2.24) is 0 Å². The molecule has 14 heavy (non-hydrogen) atoms. The first kappa shape index (κ1) is 11.5. The van der Waals surface area contributed by atoms with Gasteiger partial charge in [0.25, 0.3) is 0 Å². The highest BCUT2D eigenvalue weighted by molar-refractivity contribution is 9.10. The molecule has 0 heterocycles. The van der Waals surface area contributed by atoms with E-state index in [1.165, 1.54) is 5.56 Å². The first-order valence-electron chi connectivity index (χ1n) is 4.89. The molecule has 1 rings (SSSR count). The van der Waals surface area contributed by atoms with Crippen molar-refractivity contribution >= 4 is 15.9 Å². The van der Waals surface area contributed by atoms with Gasteiger partial charge in [0.1, 0.15) is 5.75 Å². The van der Waals surface area contributed by atoms with Crippen LogP contribution in [0.5, 0.6) is 5.75 Å². The van der Waals surface area contributed by atoms with Gasteiger partial charge in [0, 0.05) is 0 Å². The number of benzene rings is 1. The molecule has 78 valence electrons. The smallest absolute Gasteiger partial charge is 0.133 e. The van der Waals surface area contributed by atoms with Crippen molar-refractivity contribution in [3.05, 3.63) is 28.2 Å². The average Bonchev–Trinajstić information content (AvgIpc) is 2.20. The van der Waals surface area contributed by atoms with Gasteiger partial charge in [-0.05, 0) is 53.0 Å². The van der Waals surface area contributed by atoms with Gasteiger partial charge in [-0.15, -0.1) is 0 Å². The number of aryl methyl sites for hydroxylation is 1. The fourth-order valence-electron chi connectivity index (χ4n) is 1.15. The second kappa shape index (κ2) is 6.04. The number of hydrogen-bond acceptors (Lipinski definition) is 2. The molecular weight excluding hydrogens is 242 g/mol. The maximum Gasteiger partial charge on any atom is 0.133 e. The van der Waals surface area contributed by atoms with Gasteiger partial charge in [-0.1, -0.05) is 13.0 Å². The van der Waals surface area contributed by atoms with E-state index in [-0.39, 0.29) is 0 Å². The van der Waals surface area contributed by atoms with Gasteiger partial charge >= 0.3 is 0 Å². The van der Waals surface area contributed by atoms with Crippen LogP contribution < -0.4 is 10.5 Å². The monoisotopic (exact) mass is 257 g/mol. The van der Waals surface area contributed by atoms with Crippen molar-refractivity contribution in [3.63, 3.8) is 0 Å². The Labute approximate surface area is 93.6 Å². The molecule has 2 nitrogen and oxygen atoms in total. The molecule has 0 fully saturated rings. The van der Waals surface area contributed by atoms with Gasteiger partial charge in [-0.3, -0.25) is 0 Å². The predicted molar refractivity (Wildman–Crippen MR) is 62.7 cm³/mol. The van der Waals surface area contributed by atoms with Crippen molar-refractivity contribution in [2.75, 3.05) is 13.2 Å². The Morgan fingerprint density at radius 2 is 2.21 bits per heavy atom. The third kappa shape index (κ3) is 3.31. The molecular formula is C11H16BrNO. The summed E-state index contributed by atoms with van der Waals surface area (Å²) in [5.41, 5.74) is 6.69. The first-order valence-corrected chi connectivity index (χ1v) is 5.68. The van der Waals surface area contributed by atoms with Crippen molar-refractivity contribution in [3.8, 4) is 5.75 Å². The van der Waals surface area contributed by atoms with Gasteiger partial charge in [-0.2, -0.15) is 0 Å². The normalized spacial score (nSPS) is 10.2. The highest BCUT2D eigenvalue weighted by atomic mass is 79.9. The SMILES string of the molecule is CCc1ccc(OCCCN)c(Br)c1. The molecule has 1 aromatic rings. The highest BCUT2D eigenvalue weighted by Crippen LogP contribution is 2.26. The van der Waals surface area contributed by atoms with E-state index in [0.29, 0.717) is 13.2 Å². The summed E-state index contributed by atoms with van der Waals surface area (Å²) in [6.07, 6.45) is 1.93. The van der Waals surface area contributed by atoms with E-state index in [2.05, 4.69) is 35.0 Å². The lowest BCUT2D eigenvalue weighted by molar-refractivity contribution is 0.311. The maximum atomic E-state index is 5.55. The lowest BCUT2D eigenvalue weighted by atomic mass is 10.2. The second-order valence-corrected chi connectivity index (χ2v) is 3.96. The largest absolute Gasteiger partial charge is 0.492 e. The van der Waals surface area contributed by atoms with E-state index in [1.54, 1.807) is 0 Å². The molecule has 3 heteroatoms. The Bertz CT molecular complexity index is 289. The van der Waals surface area contributed by atoms with Crippen LogP contribution in [0, 0.1) is 0 Å². The van der Waals surface area contributed by atoms with Gasteiger partial charge in [0.15, 0.2) is 0 Å². The van der Waals surface area contributed by atoms with Crippen molar-refractivity contribution in [2.45, 2.75) is 19.8 Å². The standard InChI is InChI=1S/C11H16BrNO/c1-2-9-4-5-11(10(12)8-9)14-7-3-6-13/h4-5,8H,2-3,6-7,13H2,1H3. The Morgan fingerprint density at radius 1 is 1.43 bits per heavy atom. The number of nitrogens with two attached hydrogens (primary N) is 1. The molecule has 0 saturated heterocycles. The topological polar surface area (TPSA) is 35.2 Å². The summed E-state index contributed by atoms with van der Waals surface area (Å²) in [6, 6.07) is 6.18. The van der Waals surface area contributed by atoms with Gasteiger partial charge in [-0.25, -0.2) is 0 Å². The number of rotatable bonds is 5. The number of hydrogen-bond donors (Lipinski definition) is 1.